The molecule has 1 atom stereocenters. The summed E-state index contributed by atoms with van der Waals surface area (Å²) in [7, 11) is 0. The first-order valence-corrected chi connectivity index (χ1v) is 6.93. The Labute approximate surface area is 123 Å². The number of carbonyl (C=O) groups excluding carboxylic acids is 1. The van der Waals surface area contributed by atoms with Crippen LogP contribution in [0.25, 0.3) is 0 Å². The van der Waals surface area contributed by atoms with E-state index in [2.05, 4.69) is 15.5 Å². The zero-order chi connectivity index (χ0) is 15.5. The van der Waals surface area contributed by atoms with Crippen LogP contribution in [-0.2, 0) is 11.0 Å². The summed E-state index contributed by atoms with van der Waals surface area (Å²) in [5.41, 5.74) is 0.987. The van der Waals surface area contributed by atoms with Crippen molar-refractivity contribution in [1.29, 1.82) is 0 Å². The summed E-state index contributed by atoms with van der Waals surface area (Å²) in [5.74, 6) is -0.433. The molecule has 0 fully saturated rings. The molecular weight excluding hydrogens is 303 g/mol. The largest absolute Gasteiger partial charge is 0.445 e. The highest BCUT2D eigenvalue weighted by atomic mass is 32.1. The van der Waals surface area contributed by atoms with E-state index < -0.39 is 17.1 Å². The van der Waals surface area contributed by atoms with Crippen molar-refractivity contribution in [3.05, 3.63) is 40.9 Å². The topological polar surface area (TPSA) is 54.9 Å². The molecule has 1 heterocycles. The van der Waals surface area contributed by atoms with Gasteiger partial charge in [0.05, 0.1) is 0 Å². The molecule has 2 rings (SSSR count). The van der Waals surface area contributed by atoms with Crippen molar-refractivity contribution in [3.8, 4) is 0 Å². The summed E-state index contributed by atoms with van der Waals surface area (Å²) in [4.78, 5) is 11.8. The van der Waals surface area contributed by atoms with E-state index in [1.807, 2.05) is 37.3 Å². The van der Waals surface area contributed by atoms with Crippen LogP contribution >= 0.6 is 11.3 Å². The van der Waals surface area contributed by atoms with E-state index in [0.29, 0.717) is 11.3 Å². The highest BCUT2D eigenvalue weighted by molar-refractivity contribution is 7.15. The highest BCUT2D eigenvalue weighted by Gasteiger charge is 2.35. The zero-order valence-electron chi connectivity index (χ0n) is 11.0. The van der Waals surface area contributed by atoms with Gasteiger partial charge in [0, 0.05) is 6.42 Å². The molecular formula is C13H12F3N3OS. The molecule has 8 heteroatoms. The molecule has 1 aromatic heterocycles. The first-order chi connectivity index (χ1) is 9.86. The predicted molar refractivity (Wildman–Crippen MR) is 73.0 cm³/mol. The Morgan fingerprint density at radius 2 is 1.95 bits per heavy atom. The summed E-state index contributed by atoms with van der Waals surface area (Å²) in [5, 5.41) is 7.45. The maximum Gasteiger partial charge on any atom is 0.445 e. The second kappa shape index (κ2) is 6.21. The Morgan fingerprint density at radius 1 is 1.29 bits per heavy atom. The quantitative estimate of drug-likeness (QED) is 0.936. The van der Waals surface area contributed by atoms with Gasteiger partial charge in [-0.1, -0.05) is 48.6 Å². The number of hydrogen-bond acceptors (Lipinski definition) is 4. The van der Waals surface area contributed by atoms with Crippen LogP contribution in [0.3, 0.4) is 0 Å². The molecule has 1 N–H and O–H groups in total. The summed E-state index contributed by atoms with van der Waals surface area (Å²) in [6, 6.07) is 9.39. The van der Waals surface area contributed by atoms with E-state index in [-0.39, 0.29) is 17.5 Å². The lowest BCUT2D eigenvalue weighted by atomic mass is 9.98. The number of nitrogens with zero attached hydrogens (tertiary/aromatic N) is 2. The number of anilines is 1. The Hall–Kier alpha value is -1.96. The van der Waals surface area contributed by atoms with Crippen molar-refractivity contribution in [2.24, 2.45) is 0 Å². The number of carbonyl (C=O) groups is 1. The maximum absolute atomic E-state index is 12.4. The van der Waals surface area contributed by atoms with Crippen molar-refractivity contribution < 1.29 is 18.0 Å². The van der Waals surface area contributed by atoms with E-state index in [1.54, 1.807) is 0 Å². The lowest BCUT2D eigenvalue weighted by Crippen LogP contribution is -2.14. The van der Waals surface area contributed by atoms with Crippen LogP contribution in [0.2, 0.25) is 0 Å². The van der Waals surface area contributed by atoms with Gasteiger partial charge in [-0.05, 0) is 11.5 Å². The number of aromatic nitrogens is 2. The smallest absolute Gasteiger partial charge is 0.301 e. The molecule has 0 aliphatic rings. The average molecular weight is 315 g/mol. The Bertz CT molecular complexity index is 613. The molecule has 1 amide bonds. The Morgan fingerprint density at radius 3 is 2.52 bits per heavy atom. The normalized spacial score (nSPS) is 13.0. The van der Waals surface area contributed by atoms with Gasteiger partial charge in [-0.3, -0.25) is 4.79 Å². The van der Waals surface area contributed by atoms with Gasteiger partial charge >= 0.3 is 6.18 Å². The fourth-order valence-corrected chi connectivity index (χ4v) is 2.36. The number of benzene rings is 1. The van der Waals surface area contributed by atoms with Crippen molar-refractivity contribution in [3.63, 3.8) is 0 Å². The molecule has 21 heavy (non-hydrogen) atoms. The highest BCUT2D eigenvalue weighted by Crippen LogP contribution is 2.33. The summed E-state index contributed by atoms with van der Waals surface area (Å²) in [6.45, 7) is 1.87. The summed E-state index contributed by atoms with van der Waals surface area (Å²) in [6.07, 6.45) is -4.39. The lowest BCUT2D eigenvalue weighted by Gasteiger charge is -2.10. The minimum atomic E-state index is -4.54. The van der Waals surface area contributed by atoms with E-state index in [0.717, 1.165) is 5.56 Å². The molecule has 0 spiro atoms. The van der Waals surface area contributed by atoms with Crippen LogP contribution in [0.15, 0.2) is 30.3 Å². The number of halogens is 3. The first kappa shape index (κ1) is 15.4. The molecule has 0 bridgehead atoms. The zero-order valence-corrected chi connectivity index (χ0v) is 11.8. The minimum absolute atomic E-state index is 0.0405. The molecule has 0 aliphatic carbocycles. The third-order valence-electron chi connectivity index (χ3n) is 2.77. The van der Waals surface area contributed by atoms with Crippen LogP contribution in [0, 0.1) is 0 Å². The van der Waals surface area contributed by atoms with E-state index in [9.17, 15) is 18.0 Å². The molecule has 0 saturated heterocycles. The number of alkyl halides is 3. The van der Waals surface area contributed by atoms with Gasteiger partial charge in [0.15, 0.2) is 0 Å². The predicted octanol–water partition coefficient (Wildman–Crippen LogP) is 3.69. The third kappa shape index (κ3) is 4.25. The molecule has 0 aliphatic heterocycles. The maximum atomic E-state index is 12.4. The first-order valence-electron chi connectivity index (χ1n) is 6.12. The van der Waals surface area contributed by atoms with Gasteiger partial charge in [0.1, 0.15) is 0 Å². The molecule has 1 aromatic carbocycles. The van der Waals surface area contributed by atoms with E-state index in [1.165, 1.54) is 0 Å². The Kier molecular flexibility index (Phi) is 4.56. The second-order valence-corrected chi connectivity index (χ2v) is 5.45. The molecule has 4 nitrogen and oxygen atoms in total. The number of nitrogens with one attached hydrogen (secondary N) is 1. The van der Waals surface area contributed by atoms with E-state index in [4.69, 9.17) is 0 Å². The van der Waals surface area contributed by atoms with Crippen molar-refractivity contribution in [1.82, 2.24) is 10.2 Å². The fraction of sp³-hybridized carbons (Fsp3) is 0.308. The number of rotatable bonds is 4. The summed E-state index contributed by atoms with van der Waals surface area (Å²) >= 11 is 0.312. The van der Waals surface area contributed by atoms with Gasteiger partial charge in [-0.2, -0.15) is 13.2 Å². The van der Waals surface area contributed by atoms with Crippen LogP contribution in [-0.4, -0.2) is 16.1 Å². The van der Waals surface area contributed by atoms with E-state index >= 15 is 0 Å². The van der Waals surface area contributed by atoms with Crippen molar-refractivity contribution in [2.45, 2.75) is 25.4 Å². The standard InChI is InChI=1S/C13H12F3N3OS/c1-8(9-5-3-2-4-6-9)7-10(20)17-12-19-18-11(21-12)13(14,15)16/h2-6,8H,7H2,1H3,(H,17,19,20)/t8-/m1/s1. The van der Waals surface area contributed by atoms with Gasteiger partial charge < -0.3 is 5.32 Å². The SMILES string of the molecule is C[C@H](CC(=O)Nc1nnc(C(F)(F)F)s1)c1ccccc1. The molecule has 0 radical (unpaired) electrons. The third-order valence-corrected chi connectivity index (χ3v) is 3.66. The lowest BCUT2D eigenvalue weighted by molar-refractivity contribution is -0.138. The van der Waals surface area contributed by atoms with Crippen molar-refractivity contribution >= 4 is 22.4 Å². The molecule has 2 aromatic rings. The van der Waals surface area contributed by atoms with Crippen LogP contribution in [0.5, 0.6) is 0 Å². The Balaban J connectivity index is 1.94. The average Bonchev–Trinajstić information content (AvgIpc) is 2.88. The molecule has 112 valence electrons. The van der Waals surface area contributed by atoms with Gasteiger partial charge in [-0.15, -0.1) is 10.2 Å². The van der Waals surface area contributed by atoms with Gasteiger partial charge in [0.2, 0.25) is 16.0 Å². The van der Waals surface area contributed by atoms with Gasteiger partial charge in [0.25, 0.3) is 0 Å². The minimum Gasteiger partial charge on any atom is -0.301 e. The van der Waals surface area contributed by atoms with Crippen LogP contribution in [0.1, 0.15) is 29.8 Å². The second-order valence-electron chi connectivity index (χ2n) is 4.47. The molecule has 0 unspecified atom stereocenters. The monoisotopic (exact) mass is 315 g/mol. The van der Waals surface area contributed by atoms with Crippen molar-refractivity contribution in [2.75, 3.05) is 5.32 Å². The van der Waals surface area contributed by atoms with Crippen LogP contribution < -0.4 is 5.32 Å². The molecule has 0 saturated carbocycles. The fourth-order valence-electron chi connectivity index (χ4n) is 1.74. The van der Waals surface area contributed by atoms with Crippen LogP contribution in [0.4, 0.5) is 18.3 Å². The number of hydrogen-bond donors (Lipinski definition) is 1. The number of amides is 1. The summed E-state index contributed by atoms with van der Waals surface area (Å²) < 4.78 is 37.1. The van der Waals surface area contributed by atoms with Gasteiger partial charge in [-0.25, -0.2) is 0 Å².